The van der Waals surface area contributed by atoms with Gasteiger partial charge in [-0.1, -0.05) is 18.2 Å². The molecule has 0 saturated heterocycles. The SMILES string of the molecule is Cc1ccc(S(C)(=O)=O)cc1C(=O)N1CCCc2cccc(F)c21. The summed E-state index contributed by atoms with van der Waals surface area (Å²) in [5.41, 5.74) is 2.05. The number of carbonyl (C=O) groups excluding carboxylic acids is 1. The summed E-state index contributed by atoms with van der Waals surface area (Å²) in [5.74, 6) is -0.804. The molecule has 24 heavy (non-hydrogen) atoms. The highest BCUT2D eigenvalue weighted by Crippen LogP contribution is 2.31. The lowest BCUT2D eigenvalue weighted by Gasteiger charge is -2.30. The number of carbonyl (C=O) groups is 1. The van der Waals surface area contributed by atoms with Crippen LogP contribution >= 0.6 is 0 Å². The van der Waals surface area contributed by atoms with Crippen LogP contribution in [0, 0.1) is 12.7 Å². The van der Waals surface area contributed by atoms with Gasteiger partial charge in [0.1, 0.15) is 5.82 Å². The molecule has 4 nitrogen and oxygen atoms in total. The zero-order valence-corrected chi connectivity index (χ0v) is 14.4. The van der Waals surface area contributed by atoms with E-state index in [0.717, 1.165) is 24.7 Å². The molecule has 1 heterocycles. The maximum atomic E-state index is 14.3. The Morgan fingerprint density at radius 3 is 2.67 bits per heavy atom. The minimum atomic E-state index is -3.42. The number of amides is 1. The molecular formula is C18H18FNO3S. The summed E-state index contributed by atoms with van der Waals surface area (Å²) in [6.07, 6.45) is 2.56. The van der Waals surface area contributed by atoms with Crippen LogP contribution in [0.3, 0.4) is 0 Å². The van der Waals surface area contributed by atoms with Crippen LogP contribution in [-0.2, 0) is 16.3 Å². The Morgan fingerprint density at radius 1 is 1.21 bits per heavy atom. The topological polar surface area (TPSA) is 54.5 Å². The van der Waals surface area contributed by atoms with Gasteiger partial charge in [0.05, 0.1) is 10.6 Å². The van der Waals surface area contributed by atoms with Crippen LogP contribution in [0.5, 0.6) is 0 Å². The van der Waals surface area contributed by atoms with Gasteiger partial charge in [-0.15, -0.1) is 0 Å². The third kappa shape index (κ3) is 2.94. The lowest BCUT2D eigenvalue weighted by Crippen LogP contribution is -2.36. The Balaban J connectivity index is 2.09. The Bertz CT molecular complexity index is 922. The minimum Gasteiger partial charge on any atom is -0.305 e. The van der Waals surface area contributed by atoms with Crippen molar-refractivity contribution in [2.75, 3.05) is 17.7 Å². The van der Waals surface area contributed by atoms with E-state index < -0.39 is 15.7 Å². The van der Waals surface area contributed by atoms with Crippen molar-refractivity contribution >= 4 is 21.4 Å². The second-order valence-corrected chi connectivity index (χ2v) is 8.07. The molecule has 2 aromatic rings. The Kier molecular flexibility index (Phi) is 4.17. The Labute approximate surface area is 140 Å². The van der Waals surface area contributed by atoms with Crippen molar-refractivity contribution in [1.82, 2.24) is 0 Å². The van der Waals surface area contributed by atoms with Gasteiger partial charge in [-0.2, -0.15) is 0 Å². The first kappa shape index (κ1) is 16.6. The number of para-hydroxylation sites is 1. The summed E-state index contributed by atoms with van der Waals surface area (Å²) < 4.78 is 37.8. The summed E-state index contributed by atoms with van der Waals surface area (Å²) in [7, 11) is -3.42. The molecule has 0 aromatic heterocycles. The molecule has 0 N–H and O–H groups in total. The lowest BCUT2D eigenvalue weighted by atomic mass is 9.99. The highest BCUT2D eigenvalue weighted by Gasteiger charge is 2.27. The highest BCUT2D eigenvalue weighted by atomic mass is 32.2. The number of sulfone groups is 1. The molecule has 1 aliphatic rings. The fourth-order valence-electron chi connectivity index (χ4n) is 3.01. The van der Waals surface area contributed by atoms with Crippen LogP contribution in [0.4, 0.5) is 10.1 Å². The predicted octanol–water partition coefficient (Wildman–Crippen LogP) is 3.13. The third-order valence-corrected chi connectivity index (χ3v) is 5.39. The molecule has 0 unspecified atom stereocenters. The van der Waals surface area contributed by atoms with Gasteiger partial charge in [0.2, 0.25) is 0 Å². The normalized spacial score (nSPS) is 14.4. The monoisotopic (exact) mass is 347 g/mol. The molecule has 0 radical (unpaired) electrons. The molecule has 126 valence electrons. The molecule has 0 aliphatic carbocycles. The van der Waals surface area contributed by atoms with Gasteiger partial charge in [0.25, 0.3) is 5.91 Å². The maximum Gasteiger partial charge on any atom is 0.258 e. The average molecular weight is 347 g/mol. The predicted molar refractivity (Wildman–Crippen MR) is 90.7 cm³/mol. The largest absolute Gasteiger partial charge is 0.305 e. The molecule has 3 rings (SSSR count). The van der Waals surface area contributed by atoms with E-state index in [4.69, 9.17) is 0 Å². The van der Waals surface area contributed by atoms with E-state index >= 15 is 0 Å². The first-order valence-electron chi connectivity index (χ1n) is 7.69. The van der Waals surface area contributed by atoms with Crippen LogP contribution in [0.1, 0.15) is 27.9 Å². The van der Waals surface area contributed by atoms with Gasteiger partial charge in [-0.3, -0.25) is 4.79 Å². The summed E-state index contributed by atoms with van der Waals surface area (Å²) in [4.78, 5) is 14.5. The van der Waals surface area contributed by atoms with Crippen molar-refractivity contribution in [3.8, 4) is 0 Å². The lowest BCUT2D eigenvalue weighted by molar-refractivity contribution is 0.0983. The molecule has 0 atom stereocenters. The number of benzene rings is 2. The van der Waals surface area contributed by atoms with E-state index in [1.54, 1.807) is 19.1 Å². The summed E-state index contributed by atoms with van der Waals surface area (Å²) in [6.45, 7) is 2.15. The van der Waals surface area contributed by atoms with Gasteiger partial charge >= 0.3 is 0 Å². The molecule has 0 fully saturated rings. The van der Waals surface area contributed by atoms with Gasteiger partial charge in [-0.25, -0.2) is 12.8 Å². The minimum absolute atomic E-state index is 0.0854. The van der Waals surface area contributed by atoms with Crippen molar-refractivity contribution < 1.29 is 17.6 Å². The van der Waals surface area contributed by atoms with E-state index in [1.165, 1.54) is 23.1 Å². The quantitative estimate of drug-likeness (QED) is 0.839. The smallest absolute Gasteiger partial charge is 0.258 e. The van der Waals surface area contributed by atoms with Crippen molar-refractivity contribution in [2.24, 2.45) is 0 Å². The molecule has 1 amide bonds. The summed E-state index contributed by atoms with van der Waals surface area (Å²) in [5, 5.41) is 0. The van der Waals surface area contributed by atoms with Crippen molar-refractivity contribution in [3.05, 3.63) is 58.9 Å². The number of hydrogen-bond donors (Lipinski definition) is 0. The molecule has 0 spiro atoms. The van der Waals surface area contributed by atoms with Crippen molar-refractivity contribution in [2.45, 2.75) is 24.7 Å². The zero-order chi connectivity index (χ0) is 17.5. The average Bonchev–Trinajstić information content (AvgIpc) is 2.53. The summed E-state index contributed by atoms with van der Waals surface area (Å²) >= 11 is 0. The summed E-state index contributed by atoms with van der Waals surface area (Å²) in [6, 6.07) is 9.25. The van der Waals surface area contributed by atoms with Crippen LogP contribution in [0.25, 0.3) is 0 Å². The second-order valence-electron chi connectivity index (χ2n) is 6.06. The highest BCUT2D eigenvalue weighted by molar-refractivity contribution is 7.90. The van der Waals surface area contributed by atoms with Gasteiger partial charge in [0.15, 0.2) is 9.84 Å². The second kappa shape index (κ2) is 6.02. The van der Waals surface area contributed by atoms with E-state index in [9.17, 15) is 17.6 Å². The molecule has 6 heteroatoms. The number of halogens is 1. The van der Waals surface area contributed by atoms with E-state index in [-0.39, 0.29) is 16.4 Å². The molecule has 0 bridgehead atoms. The number of anilines is 1. The number of aryl methyl sites for hydroxylation is 2. The van der Waals surface area contributed by atoms with Crippen LogP contribution < -0.4 is 4.90 Å². The first-order chi connectivity index (χ1) is 11.3. The van der Waals surface area contributed by atoms with Crippen LogP contribution in [-0.4, -0.2) is 27.1 Å². The first-order valence-corrected chi connectivity index (χ1v) is 9.58. The Morgan fingerprint density at radius 2 is 1.96 bits per heavy atom. The van der Waals surface area contributed by atoms with Gasteiger partial charge in [-0.05, 0) is 49.1 Å². The Hall–Kier alpha value is -2.21. The van der Waals surface area contributed by atoms with E-state index in [2.05, 4.69) is 0 Å². The molecule has 0 saturated carbocycles. The fraction of sp³-hybridized carbons (Fsp3) is 0.278. The van der Waals surface area contributed by atoms with E-state index in [1.807, 2.05) is 6.07 Å². The third-order valence-electron chi connectivity index (χ3n) is 4.28. The molecular weight excluding hydrogens is 329 g/mol. The zero-order valence-electron chi connectivity index (χ0n) is 13.5. The van der Waals surface area contributed by atoms with Crippen LogP contribution in [0.15, 0.2) is 41.3 Å². The number of nitrogens with zero attached hydrogens (tertiary/aromatic N) is 1. The van der Waals surface area contributed by atoms with Crippen LogP contribution in [0.2, 0.25) is 0 Å². The number of hydrogen-bond acceptors (Lipinski definition) is 3. The van der Waals surface area contributed by atoms with Gasteiger partial charge < -0.3 is 4.90 Å². The van der Waals surface area contributed by atoms with Crippen molar-refractivity contribution in [1.29, 1.82) is 0 Å². The maximum absolute atomic E-state index is 14.3. The standard InChI is InChI=1S/C18H18FNO3S/c1-12-8-9-14(24(2,22)23)11-15(12)18(21)20-10-4-6-13-5-3-7-16(19)17(13)20/h3,5,7-9,11H,4,6,10H2,1-2H3. The molecule has 2 aromatic carbocycles. The van der Waals surface area contributed by atoms with Crippen molar-refractivity contribution in [3.63, 3.8) is 0 Å². The molecule has 1 aliphatic heterocycles. The fourth-order valence-corrected chi connectivity index (χ4v) is 3.66. The number of fused-ring (bicyclic) bond motifs is 1. The van der Waals surface area contributed by atoms with Gasteiger partial charge in [0, 0.05) is 18.4 Å². The van der Waals surface area contributed by atoms with E-state index in [0.29, 0.717) is 17.8 Å². The number of rotatable bonds is 2.